The summed E-state index contributed by atoms with van der Waals surface area (Å²) in [5, 5.41) is 39.9. The van der Waals surface area contributed by atoms with Gasteiger partial charge in [-0.3, -0.25) is 19.9 Å². The highest BCUT2D eigenvalue weighted by Crippen LogP contribution is 2.25. The molecule has 12 heteroatoms. The average Bonchev–Trinajstić information content (AvgIpc) is 2.73. The highest BCUT2D eigenvalue weighted by atomic mass is 16.3. The zero-order chi connectivity index (χ0) is 16.6. The van der Waals surface area contributed by atoms with Gasteiger partial charge in [0.2, 0.25) is 5.66 Å². The summed E-state index contributed by atoms with van der Waals surface area (Å²) in [6.07, 6.45) is 0. The Kier molecular flexibility index (Phi) is 7.23. The third-order valence-corrected chi connectivity index (χ3v) is 2.70. The number of amides is 5. The lowest BCUT2D eigenvalue weighted by Crippen LogP contribution is -2.68. The van der Waals surface area contributed by atoms with Crippen LogP contribution in [0.5, 0.6) is 0 Å². The van der Waals surface area contributed by atoms with Crippen molar-refractivity contribution in [3.05, 3.63) is 0 Å². The molecular weight excluding hydrogens is 292 g/mol. The summed E-state index contributed by atoms with van der Waals surface area (Å²) in [5.41, 5.74) is -2.28. The molecule has 1 rings (SSSR count). The van der Waals surface area contributed by atoms with E-state index in [1.165, 1.54) is 0 Å². The van der Waals surface area contributed by atoms with Gasteiger partial charge in [-0.2, -0.15) is 0 Å². The van der Waals surface area contributed by atoms with Crippen molar-refractivity contribution < 1.29 is 39.6 Å². The smallest absolute Gasteiger partial charge is 0.328 e. The van der Waals surface area contributed by atoms with E-state index in [-0.39, 0.29) is 0 Å². The first-order valence-corrected chi connectivity index (χ1v) is 5.40. The van der Waals surface area contributed by atoms with E-state index in [1.807, 2.05) is 12.1 Å². The Morgan fingerprint density at radius 1 is 1.29 bits per heavy atom. The largest absolute Gasteiger partial charge is 0.391 e. The predicted molar refractivity (Wildman–Crippen MR) is 63.9 cm³/mol. The molecule has 1 aliphatic rings. The van der Waals surface area contributed by atoms with Crippen LogP contribution >= 0.6 is 0 Å². The molecule has 12 nitrogen and oxygen atoms in total. The molecule has 1 fully saturated rings. The summed E-state index contributed by atoms with van der Waals surface area (Å²) < 4.78 is 0. The van der Waals surface area contributed by atoms with Crippen molar-refractivity contribution in [2.24, 2.45) is 0 Å². The number of aliphatic hydroxyl groups is 4. The van der Waals surface area contributed by atoms with Crippen LogP contribution in [0.1, 0.15) is 0 Å². The molecule has 5 amide bonds. The fourth-order valence-corrected chi connectivity index (χ4v) is 1.76. The Bertz CT molecular complexity index is 405. The number of nitrogens with one attached hydrogen (secondary N) is 2. The third-order valence-electron chi connectivity index (χ3n) is 2.70. The zero-order valence-corrected chi connectivity index (χ0v) is 10.9. The van der Waals surface area contributed by atoms with E-state index in [0.717, 1.165) is 0 Å². The fraction of sp³-hybridized carbons (Fsp3) is 0.556. The maximum absolute atomic E-state index is 11.8. The molecular formula is C9H16N4O8. The molecule has 1 aliphatic heterocycles. The van der Waals surface area contributed by atoms with Crippen LogP contribution in [-0.4, -0.2) is 87.4 Å². The highest BCUT2D eigenvalue weighted by Gasteiger charge is 2.58. The van der Waals surface area contributed by atoms with Crippen LogP contribution in [0.4, 0.5) is 9.59 Å². The summed E-state index contributed by atoms with van der Waals surface area (Å²) >= 11 is 0. The molecule has 0 saturated carbocycles. The standard InChI is InChI=1S/C8H14N4O7.CH2O/c13-1-8(11(3-15)6(18)9-2-14)5(17)10-7(19)12(8)4-16;1-2/h13-16H,1-4H2,(H,9,18)(H,10,17,19);1H2. The SMILES string of the molecule is C=O.O=C(NCO)N(CO)C1(CO)C(=O)NC(=O)N1CO. The molecule has 120 valence electrons. The van der Waals surface area contributed by atoms with Gasteiger partial charge >= 0.3 is 12.1 Å². The maximum atomic E-state index is 11.8. The van der Waals surface area contributed by atoms with Crippen LogP contribution in [0, 0.1) is 0 Å². The summed E-state index contributed by atoms with van der Waals surface area (Å²) in [5.74, 6) is -1.09. The second kappa shape index (κ2) is 8.11. The van der Waals surface area contributed by atoms with Gasteiger partial charge in [-0.15, -0.1) is 0 Å². The molecule has 1 unspecified atom stereocenters. The van der Waals surface area contributed by atoms with Crippen molar-refractivity contribution >= 4 is 24.8 Å². The minimum atomic E-state index is -2.28. The van der Waals surface area contributed by atoms with Crippen molar-refractivity contribution in [1.82, 2.24) is 20.4 Å². The molecule has 1 saturated heterocycles. The fourth-order valence-electron chi connectivity index (χ4n) is 1.76. The zero-order valence-electron chi connectivity index (χ0n) is 10.9. The first-order chi connectivity index (χ1) is 9.99. The first-order valence-electron chi connectivity index (χ1n) is 5.40. The van der Waals surface area contributed by atoms with Gasteiger partial charge in [0.05, 0.1) is 6.61 Å². The van der Waals surface area contributed by atoms with E-state index in [0.29, 0.717) is 9.80 Å². The van der Waals surface area contributed by atoms with Crippen LogP contribution in [-0.2, 0) is 9.59 Å². The van der Waals surface area contributed by atoms with Crippen LogP contribution in [0.15, 0.2) is 0 Å². The molecule has 1 atom stereocenters. The molecule has 0 aromatic rings. The van der Waals surface area contributed by atoms with Crippen LogP contribution in [0.25, 0.3) is 0 Å². The summed E-state index contributed by atoms with van der Waals surface area (Å²) in [4.78, 5) is 43.7. The number of nitrogens with zero attached hydrogens (tertiary/aromatic N) is 2. The molecule has 0 radical (unpaired) electrons. The summed E-state index contributed by atoms with van der Waals surface area (Å²) in [7, 11) is 0. The van der Waals surface area contributed by atoms with E-state index in [9.17, 15) is 19.5 Å². The number of rotatable bonds is 5. The number of hydrogen-bond acceptors (Lipinski definition) is 8. The molecule has 0 aliphatic carbocycles. The Labute approximate surface area is 118 Å². The van der Waals surface area contributed by atoms with Gasteiger partial charge in [-0.05, 0) is 0 Å². The van der Waals surface area contributed by atoms with Gasteiger partial charge < -0.3 is 30.5 Å². The van der Waals surface area contributed by atoms with Gasteiger partial charge in [0.15, 0.2) is 0 Å². The van der Waals surface area contributed by atoms with Crippen LogP contribution in [0.2, 0.25) is 0 Å². The lowest BCUT2D eigenvalue weighted by Gasteiger charge is -2.40. The van der Waals surface area contributed by atoms with Crippen LogP contribution < -0.4 is 10.6 Å². The lowest BCUT2D eigenvalue weighted by atomic mass is 10.1. The van der Waals surface area contributed by atoms with Crippen molar-refractivity contribution in [3.8, 4) is 0 Å². The van der Waals surface area contributed by atoms with Gasteiger partial charge in [0.1, 0.15) is 27.0 Å². The van der Waals surface area contributed by atoms with E-state index in [4.69, 9.17) is 20.1 Å². The molecule has 6 N–H and O–H groups in total. The number of aliphatic hydroxyl groups excluding tert-OH is 4. The van der Waals surface area contributed by atoms with Gasteiger partial charge in [-0.25, -0.2) is 9.59 Å². The second-order valence-electron chi connectivity index (χ2n) is 3.51. The minimum absolute atomic E-state index is 0.402. The maximum Gasteiger partial charge on any atom is 0.328 e. The van der Waals surface area contributed by atoms with E-state index in [1.54, 1.807) is 5.32 Å². The number of imide groups is 1. The number of urea groups is 2. The van der Waals surface area contributed by atoms with Crippen molar-refractivity contribution in [2.75, 3.05) is 26.8 Å². The Morgan fingerprint density at radius 2 is 1.86 bits per heavy atom. The van der Waals surface area contributed by atoms with Crippen molar-refractivity contribution in [3.63, 3.8) is 0 Å². The molecule has 0 bridgehead atoms. The number of carbonyl (C=O) groups excluding carboxylic acids is 4. The molecule has 21 heavy (non-hydrogen) atoms. The number of carbonyl (C=O) groups is 4. The highest BCUT2D eigenvalue weighted by molar-refractivity contribution is 6.08. The van der Waals surface area contributed by atoms with E-state index in [2.05, 4.69) is 0 Å². The quantitative estimate of drug-likeness (QED) is 0.219. The van der Waals surface area contributed by atoms with Gasteiger partial charge in [-0.1, -0.05) is 0 Å². The number of hydrogen-bond donors (Lipinski definition) is 6. The average molecular weight is 308 g/mol. The van der Waals surface area contributed by atoms with Gasteiger partial charge in [0, 0.05) is 0 Å². The van der Waals surface area contributed by atoms with Crippen LogP contribution in [0.3, 0.4) is 0 Å². The Morgan fingerprint density at radius 3 is 2.24 bits per heavy atom. The monoisotopic (exact) mass is 308 g/mol. The van der Waals surface area contributed by atoms with E-state index >= 15 is 0 Å². The predicted octanol–water partition coefficient (Wildman–Crippen LogP) is -4.10. The minimum Gasteiger partial charge on any atom is -0.391 e. The first kappa shape index (κ1) is 18.7. The van der Waals surface area contributed by atoms with Crippen molar-refractivity contribution in [1.29, 1.82) is 0 Å². The normalized spacial score (nSPS) is 20.5. The van der Waals surface area contributed by atoms with E-state index < -0.39 is 50.4 Å². The summed E-state index contributed by atoms with van der Waals surface area (Å²) in [6, 6.07) is -2.14. The molecule has 0 aromatic heterocycles. The van der Waals surface area contributed by atoms with Crippen molar-refractivity contribution in [2.45, 2.75) is 5.66 Å². The molecule has 1 heterocycles. The lowest BCUT2D eigenvalue weighted by molar-refractivity contribution is -0.147. The molecule has 0 aromatic carbocycles. The second-order valence-corrected chi connectivity index (χ2v) is 3.51. The third kappa shape index (κ3) is 3.08. The summed E-state index contributed by atoms with van der Waals surface area (Å²) in [6.45, 7) is -1.85. The molecule has 0 spiro atoms. The Balaban J connectivity index is 0.00000191. The topological polar surface area (TPSA) is 180 Å². The van der Waals surface area contributed by atoms with Gasteiger partial charge in [0.25, 0.3) is 5.91 Å². The Hall–Kier alpha value is -2.28.